The van der Waals surface area contributed by atoms with Crippen LogP contribution in [0.4, 0.5) is 0 Å². The predicted molar refractivity (Wildman–Crippen MR) is 72.7 cm³/mol. The van der Waals surface area contributed by atoms with Crippen molar-refractivity contribution in [1.82, 2.24) is 0 Å². The fourth-order valence-electron chi connectivity index (χ4n) is 1.52. The summed E-state index contributed by atoms with van der Waals surface area (Å²) >= 11 is 7.17. The lowest BCUT2D eigenvalue weighted by Crippen LogP contribution is -1.99. The molecule has 0 aliphatic carbocycles. The minimum absolute atomic E-state index is 0.392. The Bertz CT molecular complexity index is 560. The zero-order valence-electron chi connectivity index (χ0n) is 9.90. The van der Waals surface area contributed by atoms with Crippen molar-refractivity contribution < 1.29 is 14.3 Å². The van der Waals surface area contributed by atoms with Gasteiger partial charge in [0.25, 0.3) is 0 Å². The first kappa shape index (κ1) is 12.9. The van der Waals surface area contributed by atoms with Crippen LogP contribution in [-0.2, 0) is 4.74 Å². The van der Waals surface area contributed by atoms with Gasteiger partial charge in [0.2, 0.25) is 0 Å². The molecule has 0 amide bonds. The van der Waals surface area contributed by atoms with Crippen molar-refractivity contribution in [3.05, 3.63) is 40.2 Å². The van der Waals surface area contributed by atoms with Crippen molar-refractivity contribution in [2.45, 2.75) is 0 Å². The molecule has 0 saturated carbocycles. The van der Waals surface area contributed by atoms with Crippen LogP contribution < -0.4 is 4.74 Å². The maximum Gasteiger partial charge on any atom is 0.351 e. The Morgan fingerprint density at radius 3 is 2.44 bits per heavy atom. The molecule has 0 N–H and O–H groups in total. The minimum atomic E-state index is -0.392. The Hall–Kier alpha value is -1.52. The number of esters is 1. The van der Waals surface area contributed by atoms with Crippen LogP contribution in [0.1, 0.15) is 9.67 Å². The fraction of sp³-hybridized carbons (Fsp3) is 0.154. The van der Waals surface area contributed by atoms with Crippen molar-refractivity contribution in [2.75, 3.05) is 14.2 Å². The Morgan fingerprint density at radius 1 is 1.22 bits per heavy atom. The van der Waals surface area contributed by atoms with E-state index in [1.165, 1.54) is 25.6 Å². The van der Waals surface area contributed by atoms with Crippen molar-refractivity contribution >= 4 is 28.9 Å². The summed E-state index contributed by atoms with van der Waals surface area (Å²) in [6.07, 6.45) is 0. The number of ether oxygens (including phenoxy) is 2. The summed E-state index contributed by atoms with van der Waals surface area (Å²) < 4.78 is 9.90. The lowest BCUT2D eigenvalue weighted by molar-refractivity contribution is 0.0603. The molecule has 3 nitrogen and oxygen atoms in total. The summed E-state index contributed by atoms with van der Waals surface area (Å²) in [7, 11) is 2.88. The molecule has 0 bridgehead atoms. The quantitative estimate of drug-likeness (QED) is 0.802. The van der Waals surface area contributed by atoms with Gasteiger partial charge in [-0.15, -0.1) is 11.3 Å². The second-order valence-electron chi connectivity index (χ2n) is 3.51. The molecule has 18 heavy (non-hydrogen) atoms. The number of hydrogen-bond donors (Lipinski definition) is 0. The highest BCUT2D eigenvalue weighted by Crippen LogP contribution is 2.36. The molecule has 1 aromatic heterocycles. The average molecular weight is 283 g/mol. The minimum Gasteiger partial charge on any atom is -0.495 e. The number of benzene rings is 1. The van der Waals surface area contributed by atoms with Crippen LogP contribution in [0.5, 0.6) is 5.75 Å². The fourth-order valence-corrected chi connectivity index (χ4v) is 2.69. The summed E-state index contributed by atoms with van der Waals surface area (Å²) in [5, 5.41) is 0.676. The van der Waals surface area contributed by atoms with E-state index in [0.717, 1.165) is 10.4 Å². The van der Waals surface area contributed by atoms with E-state index >= 15 is 0 Å². The van der Waals surface area contributed by atoms with Crippen molar-refractivity contribution in [3.63, 3.8) is 0 Å². The Balaban J connectivity index is 2.43. The molecule has 5 heteroatoms. The van der Waals surface area contributed by atoms with E-state index < -0.39 is 5.97 Å². The van der Waals surface area contributed by atoms with Gasteiger partial charge in [-0.2, -0.15) is 0 Å². The van der Waals surface area contributed by atoms with E-state index in [1.807, 2.05) is 18.2 Å². The maximum atomic E-state index is 11.6. The molecule has 0 fully saturated rings. The summed E-state index contributed by atoms with van der Waals surface area (Å²) in [6.45, 7) is 0. The molecule has 0 radical (unpaired) electrons. The van der Waals surface area contributed by atoms with Crippen LogP contribution >= 0.6 is 22.9 Å². The van der Waals surface area contributed by atoms with E-state index in [1.54, 1.807) is 12.1 Å². The first-order valence-electron chi connectivity index (χ1n) is 5.17. The average Bonchev–Trinajstić information content (AvgIpc) is 2.82. The molecule has 0 aliphatic rings. The number of carbonyl (C=O) groups is 1. The first-order chi connectivity index (χ1) is 8.65. The second kappa shape index (κ2) is 5.42. The monoisotopic (exact) mass is 282 g/mol. The third-order valence-corrected chi connectivity index (χ3v) is 3.81. The molecule has 1 aromatic carbocycles. The number of rotatable bonds is 3. The first-order valence-corrected chi connectivity index (χ1v) is 6.37. The highest BCUT2D eigenvalue weighted by molar-refractivity contribution is 7.17. The molecular weight excluding hydrogens is 272 g/mol. The van der Waals surface area contributed by atoms with Crippen LogP contribution in [0, 0.1) is 0 Å². The second-order valence-corrected chi connectivity index (χ2v) is 5.00. The predicted octanol–water partition coefficient (Wildman–Crippen LogP) is 3.86. The molecule has 0 aliphatic heterocycles. The van der Waals surface area contributed by atoms with Gasteiger partial charge >= 0.3 is 5.97 Å². The molecule has 0 saturated heterocycles. The van der Waals surface area contributed by atoms with Gasteiger partial charge in [0, 0.05) is 9.90 Å². The van der Waals surface area contributed by atoms with Gasteiger partial charge in [-0.3, -0.25) is 0 Å². The van der Waals surface area contributed by atoms with E-state index in [2.05, 4.69) is 0 Å². The van der Waals surface area contributed by atoms with Gasteiger partial charge in [-0.1, -0.05) is 23.7 Å². The Labute approximate surface area is 114 Å². The third kappa shape index (κ3) is 2.49. The number of methoxy groups -OCH3 is 2. The molecule has 0 atom stereocenters. The number of carbonyl (C=O) groups excluding carboxylic acids is 1. The summed E-state index contributed by atoms with van der Waals surface area (Å²) in [6, 6.07) is 9.23. The van der Waals surface area contributed by atoms with Crippen molar-refractivity contribution in [2.24, 2.45) is 0 Å². The molecule has 94 valence electrons. The molecule has 0 unspecified atom stereocenters. The SMILES string of the molecule is COC(=O)c1sc(-c2ccc(Cl)cc2)cc1OC. The lowest BCUT2D eigenvalue weighted by atomic mass is 10.2. The van der Waals surface area contributed by atoms with E-state index in [0.29, 0.717) is 15.6 Å². The van der Waals surface area contributed by atoms with E-state index in [4.69, 9.17) is 21.1 Å². The molecule has 1 heterocycles. The van der Waals surface area contributed by atoms with Crippen LogP contribution in [0.15, 0.2) is 30.3 Å². The zero-order valence-corrected chi connectivity index (χ0v) is 11.5. The van der Waals surface area contributed by atoms with Gasteiger partial charge in [0.05, 0.1) is 14.2 Å². The molecule has 0 spiro atoms. The summed E-state index contributed by atoms with van der Waals surface area (Å²) in [5.41, 5.74) is 0.984. The van der Waals surface area contributed by atoms with Gasteiger partial charge in [-0.25, -0.2) is 4.79 Å². The van der Waals surface area contributed by atoms with Crippen LogP contribution in [0.2, 0.25) is 5.02 Å². The normalized spacial score (nSPS) is 10.2. The topological polar surface area (TPSA) is 35.5 Å². The van der Waals surface area contributed by atoms with Gasteiger partial charge in [0.15, 0.2) is 4.88 Å². The number of hydrogen-bond acceptors (Lipinski definition) is 4. The number of thiophene rings is 1. The van der Waals surface area contributed by atoms with E-state index in [9.17, 15) is 4.79 Å². The zero-order chi connectivity index (χ0) is 13.1. The van der Waals surface area contributed by atoms with Gasteiger partial charge in [-0.05, 0) is 23.8 Å². The van der Waals surface area contributed by atoms with Crippen LogP contribution in [0.25, 0.3) is 10.4 Å². The molecular formula is C13H11ClO3S. The Kier molecular flexibility index (Phi) is 3.89. The summed E-state index contributed by atoms with van der Waals surface area (Å²) in [5.74, 6) is 0.133. The third-order valence-electron chi connectivity index (χ3n) is 2.42. The Morgan fingerprint density at radius 2 is 1.89 bits per heavy atom. The maximum absolute atomic E-state index is 11.6. The summed E-state index contributed by atoms with van der Waals surface area (Å²) in [4.78, 5) is 13.0. The standard InChI is InChI=1S/C13H11ClO3S/c1-16-10-7-11(18-12(10)13(15)17-2)8-3-5-9(14)6-4-8/h3-7H,1-2H3. The van der Waals surface area contributed by atoms with Crippen molar-refractivity contribution in [3.8, 4) is 16.2 Å². The molecule has 2 aromatic rings. The largest absolute Gasteiger partial charge is 0.495 e. The molecule has 2 rings (SSSR count). The van der Waals surface area contributed by atoms with Crippen LogP contribution in [0.3, 0.4) is 0 Å². The van der Waals surface area contributed by atoms with Crippen LogP contribution in [-0.4, -0.2) is 20.2 Å². The van der Waals surface area contributed by atoms with Gasteiger partial charge in [0.1, 0.15) is 5.75 Å². The van der Waals surface area contributed by atoms with E-state index in [-0.39, 0.29) is 0 Å². The highest BCUT2D eigenvalue weighted by Gasteiger charge is 2.18. The number of halogens is 1. The van der Waals surface area contributed by atoms with Gasteiger partial charge < -0.3 is 9.47 Å². The smallest absolute Gasteiger partial charge is 0.351 e. The van der Waals surface area contributed by atoms with Crippen molar-refractivity contribution in [1.29, 1.82) is 0 Å². The lowest BCUT2D eigenvalue weighted by Gasteiger charge is -1.98. The highest BCUT2D eigenvalue weighted by atomic mass is 35.5.